The fraction of sp³-hybridized carbons (Fsp3) is 0.333. The van der Waals surface area contributed by atoms with Crippen molar-refractivity contribution in [3.05, 3.63) is 58.6 Å². The average Bonchev–Trinajstić information content (AvgIpc) is 3.42. The highest BCUT2D eigenvalue weighted by molar-refractivity contribution is 7.90. The molecule has 0 atom stereocenters. The third kappa shape index (κ3) is 4.30. The number of allylic oxidation sites excluding steroid dienone is 2. The summed E-state index contributed by atoms with van der Waals surface area (Å²) in [7, 11) is -1.58. The fourth-order valence-electron chi connectivity index (χ4n) is 3.08. The van der Waals surface area contributed by atoms with Gasteiger partial charge in [-0.25, -0.2) is 8.42 Å². The van der Waals surface area contributed by atoms with Crippen molar-refractivity contribution in [3.8, 4) is 5.75 Å². The van der Waals surface area contributed by atoms with E-state index in [2.05, 4.69) is 6.92 Å². The molecule has 1 aliphatic carbocycles. The molecule has 0 N–H and O–H groups in total. The van der Waals surface area contributed by atoms with Crippen LogP contribution in [0.3, 0.4) is 0 Å². The molecular formula is C21H23ClO3S. The molecule has 26 heavy (non-hydrogen) atoms. The van der Waals surface area contributed by atoms with Crippen LogP contribution in [-0.4, -0.2) is 21.8 Å². The van der Waals surface area contributed by atoms with Gasteiger partial charge in [0, 0.05) is 6.26 Å². The molecule has 3 rings (SSSR count). The van der Waals surface area contributed by atoms with E-state index < -0.39 is 9.84 Å². The van der Waals surface area contributed by atoms with Crippen molar-refractivity contribution < 1.29 is 13.2 Å². The van der Waals surface area contributed by atoms with Crippen LogP contribution in [0.4, 0.5) is 0 Å². The second-order valence-electron chi connectivity index (χ2n) is 6.90. The summed E-state index contributed by atoms with van der Waals surface area (Å²) in [6.45, 7) is 2.09. The lowest BCUT2D eigenvalue weighted by Gasteiger charge is -2.15. The first-order valence-corrected chi connectivity index (χ1v) is 10.9. The molecule has 0 aliphatic heterocycles. The first-order valence-electron chi connectivity index (χ1n) is 8.63. The van der Waals surface area contributed by atoms with E-state index in [-0.39, 0.29) is 0 Å². The molecule has 0 spiro atoms. The summed E-state index contributed by atoms with van der Waals surface area (Å²) in [4.78, 5) is 0.338. The van der Waals surface area contributed by atoms with Gasteiger partial charge >= 0.3 is 0 Å². The number of methoxy groups -OCH3 is 1. The lowest BCUT2D eigenvalue weighted by atomic mass is 9.92. The van der Waals surface area contributed by atoms with Gasteiger partial charge in [0.2, 0.25) is 0 Å². The molecule has 138 valence electrons. The molecule has 1 fully saturated rings. The largest absolute Gasteiger partial charge is 0.495 e. The predicted molar refractivity (Wildman–Crippen MR) is 107 cm³/mol. The van der Waals surface area contributed by atoms with Gasteiger partial charge in [-0.3, -0.25) is 0 Å². The molecule has 1 saturated carbocycles. The number of sulfone groups is 1. The van der Waals surface area contributed by atoms with E-state index in [4.69, 9.17) is 16.3 Å². The Balaban J connectivity index is 2.03. The first-order chi connectivity index (χ1) is 12.3. The Bertz CT molecular complexity index is 940. The zero-order valence-electron chi connectivity index (χ0n) is 15.3. The second kappa shape index (κ2) is 7.45. The molecule has 3 nitrogen and oxygen atoms in total. The molecule has 5 heteroatoms. The lowest BCUT2D eigenvalue weighted by Crippen LogP contribution is -1.97. The number of hydrogen-bond acceptors (Lipinski definition) is 3. The molecule has 0 saturated heterocycles. The molecule has 0 radical (unpaired) electrons. The molecule has 0 amide bonds. The van der Waals surface area contributed by atoms with Gasteiger partial charge < -0.3 is 4.74 Å². The van der Waals surface area contributed by atoms with Crippen molar-refractivity contribution in [1.29, 1.82) is 0 Å². The van der Waals surface area contributed by atoms with Crippen LogP contribution >= 0.6 is 11.6 Å². The van der Waals surface area contributed by atoms with Crippen LogP contribution in [0.25, 0.3) is 11.1 Å². The summed E-state index contributed by atoms with van der Waals surface area (Å²) in [5, 5.41) is 0.596. The van der Waals surface area contributed by atoms with Gasteiger partial charge in [0.15, 0.2) is 9.84 Å². The van der Waals surface area contributed by atoms with Crippen LogP contribution < -0.4 is 4.74 Å². The summed E-state index contributed by atoms with van der Waals surface area (Å²) in [5.74, 6) is 1.38. The summed E-state index contributed by atoms with van der Waals surface area (Å²) >= 11 is 6.33. The van der Waals surface area contributed by atoms with E-state index in [1.54, 1.807) is 19.2 Å². The Labute approximate surface area is 160 Å². The van der Waals surface area contributed by atoms with Crippen molar-refractivity contribution in [2.75, 3.05) is 13.4 Å². The molecule has 2 aromatic carbocycles. The number of benzene rings is 2. The van der Waals surface area contributed by atoms with Gasteiger partial charge in [0.1, 0.15) is 5.75 Å². The van der Waals surface area contributed by atoms with Crippen molar-refractivity contribution in [2.45, 2.75) is 31.1 Å². The van der Waals surface area contributed by atoms with Crippen LogP contribution in [0.5, 0.6) is 5.75 Å². The minimum absolute atomic E-state index is 0.338. The van der Waals surface area contributed by atoms with Gasteiger partial charge in [-0.05, 0) is 78.6 Å². The fourth-order valence-corrected chi connectivity index (χ4v) is 3.97. The van der Waals surface area contributed by atoms with Crippen LogP contribution in [0.1, 0.15) is 37.3 Å². The van der Waals surface area contributed by atoms with Gasteiger partial charge in [-0.2, -0.15) is 0 Å². The molecule has 1 aliphatic rings. The third-order valence-corrected chi connectivity index (χ3v) is 6.28. The van der Waals surface area contributed by atoms with Crippen LogP contribution in [-0.2, 0) is 9.84 Å². The highest BCUT2D eigenvalue weighted by atomic mass is 35.5. The summed E-state index contributed by atoms with van der Waals surface area (Å²) in [6, 6.07) is 13.0. The Hall–Kier alpha value is -1.78. The van der Waals surface area contributed by atoms with E-state index in [1.807, 2.05) is 30.3 Å². The molecule has 0 unspecified atom stereocenters. The Kier molecular flexibility index (Phi) is 5.44. The highest BCUT2D eigenvalue weighted by Crippen LogP contribution is 2.42. The molecule has 0 aromatic heterocycles. The predicted octanol–water partition coefficient (Wildman–Crippen LogP) is 5.48. The van der Waals surface area contributed by atoms with Crippen LogP contribution in [0.2, 0.25) is 5.02 Å². The molecular weight excluding hydrogens is 368 g/mol. The zero-order valence-corrected chi connectivity index (χ0v) is 16.8. The Morgan fingerprint density at radius 2 is 1.73 bits per heavy atom. The van der Waals surface area contributed by atoms with Crippen LogP contribution in [0, 0.1) is 5.92 Å². The average molecular weight is 391 g/mol. The van der Waals surface area contributed by atoms with Gasteiger partial charge in [0.25, 0.3) is 0 Å². The van der Waals surface area contributed by atoms with Crippen molar-refractivity contribution in [3.63, 3.8) is 0 Å². The zero-order chi connectivity index (χ0) is 18.9. The Morgan fingerprint density at radius 3 is 2.23 bits per heavy atom. The van der Waals surface area contributed by atoms with Crippen molar-refractivity contribution >= 4 is 32.6 Å². The minimum Gasteiger partial charge on any atom is -0.495 e. The third-order valence-electron chi connectivity index (χ3n) is 4.86. The second-order valence-corrected chi connectivity index (χ2v) is 9.32. The maximum atomic E-state index is 11.7. The lowest BCUT2D eigenvalue weighted by molar-refractivity contribution is 0.415. The summed E-state index contributed by atoms with van der Waals surface area (Å²) in [6.07, 6.45) is 4.74. The molecule has 0 bridgehead atoms. The monoisotopic (exact) mass is 390 g/mol. The maximum Gasteiger partial charge on any atom is 0.175 e. The number of hydrogen-bond donors (Lipinski definition) is 0. The first kappa shape index (κ1) is 19.0. The van der Waals surface area contributed by atoms with Crippen molar-refractivity contribution in [2.24, 2.45) is 5.92 Å². The SMILES string of the molecule is COc1ccc(/C(CC2CC2)=C(/C)c2ccc(S(C)(=O)=O)cc2)cc1Cl. The number of ether oxygens (including phenoxy) is 1. The molecule has 0 heterocycles. The van der Waals surface area contributed by atoms with Gasteiger partial charge in [-0.15, -0.1) is 0 Å². The van der Waals surface area contributed by atoms with Crippen LogP contribution in [0.15, 0.2) is 47.4 Å². The van der Waals surface area contributed by atoms with Crippen molar-refractivity contribution in [1.82, 2.24) is 0 Å². The number of rotatable bonds is 6. The van der Waals surface area contributed by atoms with E-state index in [1.165, 1.54) is 24.7 Å². The van der Waals surface area contributed by atoms with Gasteiger partial charge in [0.05, 0.1) is 17.0 Å². The standard InChI is InChI=1S/C21H23ClO3S/c1-14(16-6-9-18(10-7-16)26(3,23)24)19(12-15-4-5-15)17-8-11-21(25-2)20(22)13-17/h6-11,13,15H,4-5,12H2,1-3H3/b19-14-. The Morgan fingerprint density at radius 1 is 1.12 bits per heavy atom. The molecule has 2 aromatic rings. The minimum atomic E-state index is -3.19. The normalized spacial score (nSPS) is 15.5. The summed E-state index contributed by atoms with van der Waals surface area (Å²) < 4.78 is 28.6. The van der Waals surface area contributed by atoms with E-state index in [9.17, 15) is 8.42 Å². The van der Waals surface area contributed by atoms with Gasteiger partial charge in [-0.1, -0.05) is 29.8 Å². The van der Waals surface area contributed by atoms with E-state index in [0.29, 0.717) is 15.7 Å². The van der Waals surface area contributed by atoms with E-state index in [0.717, 1.165) is 29.0 Å². The van der Waals surface area contributed by atoms with E-state index >= 15 is 0 Å². The quantitative estimate of drug-likeness (QED) is 0.613. The smallest absolute Gasteiger partial charge is 0.175 e. The number of halogens is 1. The highest BCUT2D eigenvalue weighted by Gasteiger charge is 2.24. The summed E-state index contributed by atoms with van der Waals surface area (Å²) in [5.41, 5.74) is 4.52. The topological polar surface area (TPSA) is 43.4 Å². The maximum absolute atomic E-state index is 11.7.